The molecular formula is C10H17N. The van der Waals surface area contributed by atoms with E-state index in [1.165, 1.54) is 5.57 Å². The zero-order valence-electron chi connectivity index (χ0n) is 7.59. The molecule has 0 aliphatic rings. The van der Waals surface area contributed by atoms with E-state index in [-0.39, 0.29) is 6.04 Å². The second kappa shape index (κ2) is 4.91. The van der Waals surface area contributed by atoms with Crippen molar-refractivity contribution < 1.29 is 0 Å². The van der Waals surface area contributed by atoms with Crippen molar-refractivity contribution in [3.05, 3.63) is 36.0 Å². The van der Waals surface area contributed by atoms with Gasteiger partial charge in [0.2, 0.25) is 0 Å². The molecule has 11 heavy (non-hydrogen) atoms. The lowest BCUT2D eigenvalue weighted by Gasteiger charge is -2.03. The van der Waals surface area contributed by atoms with Crippen LogP contribution in [0, 0.1) is 0 Å². The summed E-state index contributed by atoms with van der Waals surface area (Å²) in [6.07, 6.45) is 6.04. The first-order chi connectivity index (χ1) is 5.07. The summed E-state index contributed by atoms with van der Waals surface area (Å²) >= 11 is 0. The van der Waals surface area contributed by atoms with Gasteiger partial charge in [0.1, 0.15) is 0 Å². The van der Waals surface area contributed by atoms with Gasteiger partial charge in [-0.25, -0.2) is 0 Å². The zero-order chi connectivity index (χ0) is 8.85. The number of hydrogen-bond donors (Lipinski definition) is 1. The van der Waals surface area contributed by atoms with E-state index in [0.717, 1.165) is 5.57 Å². The minimum absolute atomic E-state index is 0.0511. The maximum Gasteiger partial charge on any atom is 0.0260 e. The first-order valence-electron chi connectivity index (χ1n) is 3.83. The van der Waals surface area contributed by atoms with E-state index >= 15 is 0 Å². The molecule has 1 nitrogen and oxygen atoms in total. The number of nitrogens with two attached hydrogens (primary N) is 1. The highest BCUT2D eigenvalue weighted by Gasteiger charge is 1.94. The molecule has 0 saturated carbocycles. The highest BCUT2D eigenvalue weighted by atomic mass is 14.6. The van der Waals surface area contributed by atoms with Crippen LogP contribution in [0.2, 0.25) is 0 Å². The van der Waals surface area contributed by atoms with E-state index in [0.29, 0.717) is 0 Å². The highest BCUT2D eigenvalue weighted by Crippen LogP contribution is 2.03. The van der Waals surface area contributed by atoms with E-state index < -0.39 is 0 Å². The molecule has 1 unspecified atom stereocenters. The van der Waals surface area contributed by atoms with Crippen molar-refractivity contribution in [3.8, 4) is 0 Å². The Balaban J connectivity index is 4.19. The molecule has 0 amide bonds. The van der Waals surface area contributed by atoms with Crippen LogP contribution in [-0.4, -0.2) is 6.04 Å². The Kier molecular flexibility index (Phi) is 4.55. The first kappa shape index (κ1) is 10.2. The quantitative estimate of drug-likeness (QED) is 0.616. The molecule has 0 saturated heterocycles. The average molecular weight is 151 g/mol. The Labute approximate surface area is 69.3 Å². The summed E-state index contributed by atoms with van der Waals surface area (Å²) in [5.41, 5.74) is 7.77. The molecule has 0 heterocycles. The minimum Gasteiger partial charge on any atom is -0.324 e. The van der Waals surface area contributed by atoms with E-state index in [1.807, 2.05) is 39.0 Å². The Hall–Kier alpha value is -0.820. The summed E-state index contributed by atoms with van der Waals surface area (Å²) in [7, 11) is 0. The van der Waals surface area contributed by atoms with Gasteiger partial charge < -0.3 is 5.73 Å². The molecular weight excluding hydrogens is 134 g/mol. The maximum absolute atomic E-state index is 5.61. The molecule has 1 heteroatoms. The standard InChI is InChI=1S/C10H17N/c1-5-6-8(2)7-9(3)10(4)11/h5-7,10H,3,11H2,1-2,4H3. The van der Waals surface area contributed by atoms with E-state index in [1.54, 1.807) is 0 Å². The summed E-state index contributed by atoms with van der Waals surface area (Å²) in [6.45, 7) is 9.80. The Bertz CT molecular complexity index is 185. The second-order valence-corrected chi connectivity index (χ2v) is 2.75. The third-order valence-corrected chi connectivity index (χ3v) is 1.43. The smallest absolute Gasteiger partial charge is 0.0260 e. The molecule has 0 aliphatic carbocycles. The van der Waals surface area contributed by atoms with Crippen molar-refractivity contribution >= 4 is 0 Å². The van der Waals surface area contributed by atoms with Crippen molar-refractivity contribution in [2.24, 2.45) is 5.73 Å². The lowest BCUT2D eigenvalue weighted by Crippen LogP contribution is -2.15. The fraction of sp³-hybridized carbons (Fsp3) is 0.400. The predicted molar refractivity (Wildman–Crippen MR) is 51.4 cm³/mol. The van der Waals surface area contributed by atoms with Crippen molar-refractivity contribution in [2.75, 3.05) is 0 Å². The van der Waals surface area contributed by atoms with Crippen LogP contribution in [0.3, 0.4) is 0 Å². The molecule has 62 valence electrons. The maximum atomic E-state index is 5.61. The normalized spacial score (nSPS) is 15.5. The summed E-state index contributed by atoms with van der Waals surface area (Å²) in [6, 6.07) is 0.0511. The van der Waals surface area contributed by atoms with Crippen molar-refractivity contribution in [2.45, 2.75) is 26.8 Å². The molecule has 0 aromatic heterocycles. The van der Waals surface area contributed by atoms with Gasteiger partial charge in [-0.05, 0) is 26.3 Å². The van der Waals surface area contributed by atoms with Gasteiger partial charge in [-0.15, -0.1) is 0 Å². The van der Waals surface area contributed by atoms with Gasteiger partial charge in [-0.3, -0.25) is 0 Å². The van der Waals surface area contributed by atoms with Crippen LogP contribution < -0.4 is 5.73 Å². The van der Waals surface area contributed by atoms with Crippen molar-refractivity contribution in [1.29, 1.82) is 0 Å². The van der Waals surface area contributed by atoms with Crippen LogP contribution in [0.25, 0.3) is 0 Å². The van der Waals surface area contributed by atoms with Crippen LogP contribution in [0.5, 0.6) is 0 Å². The highest BCUT2D eigenvalue weighted by molar-refractivity contribution is 5.29. The molecule has 0 aromatic rings. The average Bonchev–Trinajstić information content (AvgIpc) is 1.87. The van der Waals surface area contributed by atoms with Crippen LogP contribution in [0.1, 0.15) is 20.8 Å². The molecule has 0 spiro atoms. The third kappa shape index (κ3) is 4.57. The summed E-state index contributed by atoms with van der Waals surface area (Å²) < 4.78 is 0. The van der Waals surface area contributed by atoms with Gasteiger partial charge in [-0.2, -0.15) is 0 Å². The van der Waals surface area contributed by atoms with Gasteiger partial charge in [0, 0.05) is 6.04 Å². The van der Waals surface area contributed by atoms with Crippen molar-refractivity contribution in [1.82, 2.24) is 0 Å². The summed E-state index contributed by atoms with van der Waals surface area (Å²) in [5, 5.41) is 0. The van der Waals surface area contributed by atoms with E-state index in [9.17, 15) is 0 Å². The monoisotopic (exact) mass is 151 g/mol. The Morgan fingerprint density at radius 1 is 1.55 bits per heavy atom. The summed E-state index contributed by atoms with van der Waals surface area (Å²) in [5.74, 6) is 0. The van der Waals surface area contributed by atoms with Crippen LogP contribution in [0.15, 0.2) is 36.0 Å². The van der Waals surface area contributed by atoms with Gasteiger partial charge in [0.05, 0.1) is 0 Å². The SMILES string of the molecule is C=C(C=C(C)C=CC)C(C)N. The fourth-order valence-corrected chi connectivity index (χ4v) is 0.735. The Morgan fingerprint density at radius 3 is 2.45 bits per heavy atom. The molecule has 0 radical (unpaired) electrons. The molecule has 0 fully saturated rings. The first-order valence-corrected chi connectivity index (χ1v) is 3.83. The molecule has 2 N–H and O–H groups in total. The fourth-order valence-electron chi connectivity index (χ4n) is 0.735. The van der Waals surface area contributed by atoms with Gasteiger partial charge in [0.15, 0.2) is 0 Å². The largest absolute Gasteiger partial charge is 0.324 e. The lowest BCUT2D eigenvalue weighted by molar-refractivity contribution is 0.887. The zero-order valence-corrected chi connectivity index (χ0v) is 7.59. The minimum atomic E-state index is 0.0511. The number of rotatable bonds is 3. The van der Waals surface area contributed by atoms with E-state index in [2.05, 4.69) is 6.58 Å². The van der Waals surface area contributed by atoms with E-state index in [4.69, 9.17) is 5.73 Å². The number of hydrogen-bond acceptors (Lipinski definition) is 1. The molecule has 1 atom stereocenters. The second-order valence-electron chi connectivity index (χ2n) is 2.75. The summed E-state index contributed by atoms with van der Waals surface area (Å²) in [4.78, 5) is 0. The van der Waals surface area contributed by atoms with Gasteiger partial charge in [-0.1, -0.05) is 30.4 Å². The lowest BCUT2D eigenvalue weighted by atomic mass is 10.1. The molecule has 0 aromatic carbocycles. The van der Waals surface area contributed by atoms with Crippen LogP contribution >= 0.6 is 0 Å². The van der Waals surface area contributed by atoms with Crippen LogP contribution in [-0.2, 0) is 0 Å². The third-order valence-electron chi connectivity index (χ3n) is 1.43. The molecule has 0 bridgehead atoms. The van der Waals surface area contributed by atoms with Crippen molar-refractivity contribution in [3.63, 3.8) is 0 Å². The van der Waals surface area contributed by atoms with Gasteiger partial charge in [0.25, 0.3) is 0 Å². The molecule has 0 aliphatic heterocycles. The van der Waals surface area contributed by atoms with Crippen LogP contribution in [0.4, 0.5) is 0 Å². The molecule has 0 rings (SSSR count). The topological polar surface area (TPSA) is 26.0 Å². The van der Waals surface area contributed by atoms with Gasteiger partial charge >= 0.3 is 0 Å². The Morgan fingerprint density at radius 2 is 2.09 bits per heavy atom. The predicted octanol–water partition coefficient (Wildman–Crippen LogP) is 2.41. The number of allylic oxidation sites excluding steroid dienone is 3.